The number of amides is 1. The average Bonchev–Trinajstić information content (AvgIpc) is 3.18. The van der Waals surface area contributed by atoms with Gasteiger partial charge in [0.2, 0.25) is 10.0 Å². The number of nitrogens with zero attached hydrogens (tertiary/aromatic N) is 3. The molecule has 1 unspecified atom stereocenters. The smallest absolute Gasteiger partial charge is 0.295 e. The third-order valence-corrected chi connectivity index (χ3v) is 9.31. The molecule has 2 heterocycles. The molecule has 2 aliphatic rings. The maximum atomic E-state index is 13.4. The van der Waals surface area contributed by atoms with E-state index in [1.165, 1.54) is 43.3 Å². The van der Waals surface area contributed by atoms with Gasteiger partial charge in [0.25, 0.3) is 11.7 Å². The second kappa shape index (κ2) is 11.8. The predicted octanol–water partition coefficient (Wildman–Crippen LogP) is 3.38. The molecule has 0 saturated carbocycles. The van der Waals surface area contributed by atoms with E-state index in [0.29, 0.717) is 31.7 Å². The molecule has 2 aromatic carbocycles. The van der Waals surface area contributed by atoms with Crippen LogP contribution in [0, 0.1) is 0 Å². The summed E-state index contributed by atoms with van der Waals surface area (Å²) in [7, 11) is -0.931. The number of rotatable bonds is 8. The Morgan fingerprint density at radius 3 is 2.27 bits per heavy atom. The van der Waals surface area contributed by atoms with Gasteiger partial charge in [-0.3, -0.25) is 14.5 Å². The highest BCUT2D eigenvalue weighted by Crippen LogP contribution is 2.40. The first-order valence-corrected chi connectivity index (χ1v) is 15.0. The van der Waals surface area contributed by atoms with Gasteiger partial charge in [-0.1, -0.05) is 57.2 Å². The third-order valence-electron chi connectivity index (χ3n) is 7.50. The summed E-state index contributed by atoms with van der Waals surface area (Å²) in [6, 6.07) is 12.8. The van der Waals surface area contributed by atoms with Gasteiger partial charge in [0.05, 0.1) is 29.7 Å². The minimum Gasteiger partial charge on any atom is -0.507 e. The molecule has 0 aromatic heterocycles. The Labute approximate surface area is 237 Å². The monoisotopic (exact) mass is 569 g/mol. The van der Waals surface area contributed by atoms with Crippen molar-refractivity contribution in [2.24, 2.45) is 0 Å². The lowest BCUT2D eigenvalue weighted by Crippen LogP contribution is -2.39. The molecule has 2 aromatic rings. The average molecular weight is 570 g/mol. The molecule has 2 aliphatic heterocycles. The fraction of sp³-hybridized carbons (Fsp3) is 0.467. The molecule has 2 saturated heterocycles. The number of Topliss-reactive ketones (excluding diaryl/α,β-unsaturated/α-hetero) is 1. The van der Waals surface area contributed by atoms with Crippen molar-refractivity contribution >= 4 is 27.5 Å². The van der Waals surface area contributed by atoms with E-state index in [-0.39, 0.29) is 21.4 Å². The second-order valence-corrected chi connectivity index (χ2v) is 13.6. The van der Waals surface area contributed by atoms with Crippen LogP contribution in [0.2, 0.25) is 0 Å². The number of aliphatic hydroxyl groups is 1. The van der Waals surface area contributed by atoms with Gasteiger partial charge in [-0.15, -0.1) is 0 Å². The van der Waals surface area contributed by atoms with Crippen LogP contribution in [0.25, 0.3) is 5.76 Å². The number of ether oxygens (including phenoxy) is 1. The van der Waals surface area contributed by atoms with Crippen molar-refractivity contribution < 1.29 is 27.9 Å². The van der Waals surface area contributed by atoms with Crippen molar-refractivity contribution in [1.82, 2.24) is 14.1 Å². The number of benzene rings is 2. The van der Waals surface area contributed by atoms with Crippen LogP contribution >= 0.6 is 0 Å². The number of hydrogen-bond acceptors (Lipinski definition) is 7. The highest BCUT2D eigenvalue weighted by molar-refractivity contribution is 7.89. The van der Waals surface area contributed by atoms with Gasteiger partial charge in [0.1, 0.15) is 5.76 Å². The third kappa shape index (κ3) is 6.15. The Hall–Kier alpha value is -3.05. The van der Waals surface area contributed by atoms with Gasteiger partial charge in [-0.25, -0.2) is 12.7 Å². The Morgan fingerprint density at radius 1 is 1.02 bits per heavy atom. The summed E-state index contributed by atoms with van der Waals surface area (Å²) in [4.78, 5) is 30.6. The van der Waals surface area contributed by atoms with Crippen molar-refractivity contribution in [2.45, 2.75) is 43.5 Å². The molecule has 9 nitrogen and oxygen atoms in total. The van der Waals surface area contributed by atoms with E-state index in [0.717, 1.165) is 29.5 Å². The highest BCUT2D eigenvalue weighted by atomic mass is 32.2. The van der Waals surface area contributed by atoms with Crippen LogP contribution in [-0.2, 0) is 29.8 Å². The van der Waals surface area contributed by atoms with Crippen molar-refractivity contribution in [3.63, 3.8) is 0 Å². The maximum Gasteiger partial charge on any atom is 0.295 e. The van der Waals surface area contributed by atoms with Gasteiger partial charge in [-0.05, 0) is 35.1 Å². The Morgan fingerprint density at radius 2 is 1.68 bits per heavy atom. The Kier molecular flexibility index (Phi) is 8.84. The van der Waals surface area contributed by atoms with Gasteiger partial charge in [0, 0.05) is 45.8 Å². The number of hydrogen-bond donors (Lipinski definition) is 1. The number of likely N-dealkylation sites (tertiary alicyclic amines) is 1. The van der Waals surface area contributed by atoms with E-state index >= 15 is 0 Å². The van der Waals surface area contributed by atoms with Crippen LogP contribution in [0.5, 0.6) is 0 Å². The predicted molar refractivity (Wildman–Crippen MR) is 153 cm³/mol. The van der Waals surface area contributed by atoms with Crippen LogP contribution in [0.15, 0.2) is 59.0 Å². The Bertz CT molecular complexity index is 1390. The number of aliphatic hydroxyl groups excluding tert-OH is 1. The van der Waals surface area contributed by atoms with E-state index in [9.17, 15) is 23.1 Å². The largest absolute Gasteiger partial charge is 0.507 e. The summed E-state index contributed by atoms with van der Waals surface area (Å²) in [5.41, 5.74) is 1.83. The molecule has 10 heteroatoms. The van der Waals surface area contributed by atoms with Crippen LogP contribution in [0.3, 0.4) is 0 Å². The number of ketones is 1. The van der Waals surface area contributed by atoms with Gasteiger partial charge in [0.15, 0.2) is 0 Å². The number of sulfonamides is 1. The van der Waals surface area contributed by atoms with E-state index in [4.69, 9.17) is 4.74 Å². The molecule has 2 fully saturated rings. The lowest BCUT2D eigenvalue weighted by atomic mass is 9.85. The maximum absolute atomic E-state index is 13.4. The molecule has 216 valence electrons. The fourth-order valence-electron chi connectivity index (χ4n) is 5.08. The quantitative estimate of drug-likeness (QED) is 0.295. The topological polar surface area (TPSA) is 107 Å². The molecule has 40 heavy (non-hydrogen) atoms. The number of carbonyl (C=O) groups excluding carboxylic acids is 2. The lowest BCUT2D eigenvalue weighted by Gasteiger charge is -2.29. The zero-order valence-corrected chi connectivity index (χ0v) is 24.7. The summed E-state index contributed by atoms with van der Waals surface area (Å²) in [6.45, 7) is 10.4. The van der Waals surface area contributed by atoms with Crippen LogP contribution in [0.4, 0.5) is 0 Å². The molecule has 1 N–H and O–H groups in total. The molecule has 0 bridgehead atoms. The molecular weight excluding hydrogens is 530 g/mol. The zero-order chi connectivity index (χ0) is 29.2. The van der Waals surface area contributed by atoms with E-state index in [2.05, 4.69) is 25.7 Å². The number of morpholine rings is 1. The minimum absolute atomic E-state index is 0.0210. The van der Waals surface area contributed by atoms with E-state index in [1.807, 2.05) is 24.3 Å². The molecule has 0 spiro atoms. The van der Waals surface area contributed by atoms with Gasteiger partial charge >= 0.3 is 0 Å². The fourth-order valence-corrected chi connectivity index (χ4v) is 6.03. The van der Waals surface area contributed by atoms with Crippen LogP contribution < -0.4 is 0 Å². The first-order chi connectivity index (χ1) is 18.8. The molecule has 1 amide bonds. The summed E-state index contributed by atoms with van der Waals surface area (Å²) in [5, 5.41) is 11.4. The first kappa shape index (κ1) is 29.9. The van der Waals surface area contributed by atoms with E-state index in [1.54, 1.807) is 0 Å². The van der Waals surface area contributed by atoms with Crippen LogP contribution in [0.1, 0.15) is 49.9 Å². The van der Waals surface area contributed by atoms with Crippen LogP contribution in [-0.4, -0.2) is 92.8 Å². The summed E-state index contributed by atoms with van der Waals surface area (Å²) in [6.07, 6.45) is 0.653. The molecule has 0 aliphatic carbocycles. The first-order valence-electron chi connectivity index (χ1n) is 13.5. The summed E-state index contributed by atoms with van der Waals surface area (Å²) in [5.74, 6) is -1.85. The molecule has 0 radical (unpaired) electrons. The minimum atomic E-state index is -3.77. The second-order valence-electron chi connectivity index (χ2n) is 11.5. The van der Waals surface area contributed by atoms with E-state index < -0.39 is 33.5 Å². The number of carbonyl (C=O) groups is 2. The standard InChI is InChI=1S/C30H39N3O6S/c1-30(2,3)23-12-10-21(11-13-23)26-25(27(34)22-8-6-9-24(20-22)40(37,38)31(4)5)28(35)29(36)33(26)15-7-14-32-16-18-39-19-17-32/h6,8-13,20,26,34H,7,14-19H2,1-5H3. The molecule has 4 rings (SSSR count). The summed E-state index contributed by atoms with van der Waals surface area (Å²) >= 11 is 0. The van der Waals surface area contributed by atoms with Crippen molar-refractivity contribution in [3.05, 3.63) is 70.8 Å². The van der Waals surface area contributed by atoms with Gasteiger partial charge < -0.3 is 14.7 Å². The van der Waals surface area contributed by atoms with Crippen molar-refractivity contribution in [1.29, 1.82) is 0 Å². The normalized spacial score (nSPS) is 20.4. The SMILES string of the molecule is CN(C)S(=O)(=O)c1cccc(C(O)=C2C(=O)C(=O)N(CCCN3CCOCC3)C2c2ccc(C(C)(C)C)cc2)c1. The molecule has 1 atom stereocenters. The Balaban J connectivity index is 1.75. The van der Waals surface area contributed by atoms with Crippen molar-refractivity contribution in [3.8, 4) is 0 Å². The zero-order valence-electron chi connectivity index (χ0n) is 23.9. The lowest BCUT2D eigenvalue weighted by molar-refractivity contribution is -0.140. The summed E-state index contributed by atoms with van der Waals surface area (Å²) < 4.78 is 32.0. The molecular formula is C30H39N3O6S. The highest BCUT2D eigenvalue weighted by Gasteiger charge is 2.46. The van der Waals surface area contributed by atoms with Gasteiger partial charge in [-0.2, -0.15) is 0 Å². The van der Waals surface area contributed by atoms with Crippen molar-refractivity contribution in [2.75, 3.05) is 53.5 Å².